The number of hydrogen-bond acceptors (Lipinski definition) is 5. The zero-order valence-corrected chi connectivity index (χ0v) is 17.0. The minimum Gasteiger partial charge on any atom is -0.497 e. The van der Waals surface area contributed by atoms with Gasteiger partial charge in [0.25, 0.3) is 5.91 Å². The predicted molar refractivity (Wildman–Crippen MR) is 113 cm³/mol. The molecule has 0 spiro atoms. The molecule has 1 amide bonds. The summed E-state index contributed by atoms with van der Waals surface area (Å²) in [6.45, 7) is 3.75. The highest BCUT2D eigenvalue weighted by Crippen LogP contribution is 2.33. The Morgan fingerprint density at radius 3 is 2.73 bits per heavy atom. The van der Waals surface area contributed by atoms with Gasteiger partial charge in [-0.2, -0.15) is 0 Å². The molecule has 1 aromatic heterocycles. The number of anilines is 1. The number of nitrogens with zero attached hydrogens (tertiary/aromatic N) is 4. The fourth-order valence-electron chi connectivity index (χ4n) is 4.66. The maximum Gasteiger partial charge on any atom is 0.293 e. The lowest BCUT2D eigenvalue weighted by Gasteiger charge is -2.25. The number of carbonyl (C=O) groups is 1. The highest BCUT2D eigenvalue weighted by atomic mass is 16.5. The largest absolute Gasteiger partial charge is 0.497 e. The lowest BCUT2D eigenvalue weighted by molar-refractivity contribution is 0.100. The van der Waals surface area contributed by atoms with Gasteiger partial charge in [0.1, 0.15) is 11.6 Å². The molecular formula is C23H25N5O2. The molecule has 154 valence electrons. The number of amides is 1. The van der Waals surface area contributed by atoms with Crippen LogP contribution in [-0.2, 0) is 19.5 Å². The maximum atomic E-state index is 12.7. The van der Waals surface area contributed by atoms with E-state index in [4.69, 9.17) is 4.74 Å². The molecule has 2 atom stereocenters. The molecule has 7 heteroatoms. The van der Waals surface area contributed by atoms with Crippen LogP contribution in [0.5, 0.6) is 5.75 Å². The lowest BCUT2D eigenvalue weighted by Crippen LogP contribution is -2.31. The summed E-state index contributed by atoms with van der Waals surface area (Å²) in [7, 11) is 1.70. The van der Waals surface area contributed by atoms with Crippen molar-refractivity contribution < 1.29 is 9.53 Å². The summed E-state index contributed by atoms with van der Waals surface area (Å²) in [5.74, 6) is 3.06. The lowest BCUT2D eigenvalue weighted by atomic mass is 9.89. The molecule has 1 fully saturated rings. The van der Waals surface area contributed by atoms with Gasteiger partial charge in [0.2, 0.25) is 5.82 Å². The Bertz CT molecular complexity index is 1050. The normalized spacial score (nSPS) is 20.4. The van der Waals surface area contributed by atoms with Gasteiger partial charge < -0.3 is 14.6 Å². The third kappa shape index (κ3) is 3.68. The number of hydrogen-bond donors (Lipinski definition) is 1. The third-order valence-electron chi connectivity index (χ3n) is 6.12. The van der Waals surface area contributed by atoms with E-state index in [1.54, 1.807) is 7.11 Å². The number of para-hydroxylation sites is 1. The zero-order valence-electron chi connectivity index (χ0n) is 17.0. The number of likely N-dealkylation sites (tertiary alicyclic amines) is 1. The SMILES string of the molecule is COc1cccc(CN2C[C@H]3Cc4nnc(C(=O)Nc5ccccc5)n4C[C@@H]3C2)c1. The molecule has 0 saturated carbocycles. The Hall–Kier alpha value is -3.19. The van der Waals surface area contributed by atoms with Crippen molar-refractivity contribution in [2.24, 2.45) is 11.8 Å². The molecule has 3 heterocycles. The standard InChI is InChI=1S/C23H25N5O2/c1-30-20-9-5-6-16(10-20)12-27-13-17-11-21-25-26-22(28(21)15-18(17)14-27)23(29)24-19-7-3-2-4-8-19/h2-10,17-18H,11-15H2,1H3,(H,24,29)/t17-,18+/m1/s1. The van der Waals surface area contributed by atoms with Crippen LogP contribution < -0.4 is 10.1 Å². The van der Waals surface area contributed by atoms with Gasteiger partial charge in [0.15, 0.2) is 0 Å². The second-order valence-corrected chi connectivity index (χ2v) is 8.14. The van der Waals surface area contributed by atoms with Crippen molar-refractivity contribution in [2.45, 2.75) is 19.5 Å². The first kappa shape index (κ1) is 18.8. The topological polar surface area (TPSA) is 72.3 Å². The summed E-state index contributed by atoms with van der Waals surface area (Å²) in [5.41, 5.74) is 2.02. The van der Waals surface area contributed by atoms with Gasteiger partial charge in [-0.3, -0.25) is 9.69 Å². The van der Waals surface area contributed by atoms with Crippen LogP contribution in [0.2, 0.25) is 0 Å². The van der Waals surface area contributed by atoms with Crippen molar-refractivity contribution in [3.05, 3.63) is 71.8 Å². The number of methoxy groups -OCH3 is 1. The number of rotatable bonds is 5. The summed E-state index contributed by atoms with van der Waals surface area (Å²) in [6.07, 6.45) is 0.866. The highest BCUT2D eigenvalue weighted by molar-refractivity contribution is 6.01. The van der Waals surface area contributed by atoms with E-state index in [9.17, 15) is 4.79 Å². The van der Waals surface area contributed by atoms with E-state index < -0.39 is 0 Å². The van der Waals surface area contributed by atoms with E-state index in [2.05, 4.69) is 32.5 Å². The van der Waals surface area contributed by atoms with E-state index in [-0.39, 0.29) is 5.91 Å². The number of carbonyl (C=O) groups excluding carboxylic acids is 1. The molecule has 1 saturated heterocycles. The van der Waals surface area contributed by atoms with Crippen molar-refractivity contribution >= 4 is 11.6 Å². The molecule has 3 aromatic rings. The van der Waals surface area contributed by atoms with E-state index in [1.807, 2.05) is 47.0 Å². The first-order valence-corrected chi connectivity index (χ1v) is 10.3. The van der Waals surface area contributed by atoms with Crippen molar-refractivity contribution in [2.75, 3.05) is 25.5 Å². The second-order valence-electron chi connectivity index (χ2n) is 8.14. The Morgan fingerprint density at radius 1 is 1.07 bits per heavy atom. The minimum absolute atomic E-state index is 0.204. The predicted octanol–water partition coefficient (Wildman–Crippen LogP) is 2.84. The van der Waals surface area contributed by atoms with Gasteiger partial charge >= 0.3 is 0 Å². The van der Waals surface area contributed by atoms with Crippen molar-refractivity contribution in [1.29, 1.82) is 0 Å². The summed E-state index contributed by atoms with van der Waals surface area (Å²) >= 11 is 0. The van der Waals surface area contributed by atoms with Gasteiger partial charge in [-0.05, 0) is 41.7 Å². The molecule has 0 radical (unpaired) electrons. The molecule has 7 nitrogen and oxygen atoms in total. The number of nitrogens with one attached hydrogen (secondary N) is 1. The molecular weight excluding hydrogens is 378 g/mol. The Labute approximate surface area is 175 Å². The molecule has 5 rings (SSSR count). The number of benzene rings is 2. The number of aromatic nitrogens is 3. The van der Waals surface area contributed by atoms with Gasteiger partial charge in [-0.15, -0.1) is 10.2 Å². The summed E-state index contributed by atoms with van der Waals surface area (Å²) in [4.78, 5) is 15.2. The zero-order chi connectivity index (χ0) is 20.5. The van der Waals surface area contributed by atoms with E-state index in [1.165, 1.54) is 5.56 Å². The monoisotopic (exact) mass is 403 g/mol. The quantitative estimate of drug-likeness (QED) is 0.709. The number of ether oxygens (including phenoxy) is 1. The van der Waals surface area contributed by atoms with E-state index >= 15 is 0 Å². The minimum atomic E-state index is -0.204. The average molecular weight is 403 g/mol. The van der Waals surface area contributed by atoms with Crippen molar-refractivity contribution in [3.8, 4) is 5.75 Å². The van der Waals surface area contributed by atoms with Gasteiger partial charge in [-0.1, -0.05) is 30.3 Å². The molecule has 30 heavy (non-hydrogen) atoms. The maximum absolute atomic E-state index is 12.7. The summed E-state index contributed by atoms with van der Waals surface area (Å²) in [6, 6.07) is 17.7. The summed E-state index contributed by atoms with van der Waals surface area (Å²) < 4.78 is 7.36. The Balaban J connectivity index is 1.27. The van der Waals surface area contributed by atoms with Crippen LogP contribution in [0.3, 0.4) is 0 Å². The molecule has 0 bridgehead atoms. The first-order chi connectivity index (χ1) is 14.7. The van der Waals surface area contributed by atoms with E-state index in [0.29, 0.717) is 17.7 Å². The second kappa shape index (κ2) is 7.91. The summed E-state index contributed by atoms with van der Waals surface area (Å²) in [5, 5.41) is 11.5. The van der Waals surface area contributed by atoms with Gasteiger partial charge in [0.05, 0.1) is 7.11 Å². The van der Waals surface area contributed by atoms with Crippen LogP contribution in [0.25, 0.3) is 0 Å². The average Bonchev–Trinajstić information content (AvgIpc) is 3.35. The molecule has 0 unspecified atom stereocenters. The van der Waals surface area contributed by atoms with Crippen molar-refractivity contribution in [1.82, 2.24) is 19.7 Å². The van der Waals surface area contributed by atoms with Gasteiger partial charge in [-0.25, -0.2) is 0 Å². The molecule has 1 N–H and O–H groups in total. The molecule has 0 aliphatic carbocycles. The highest BCUT2D eigenvalue weighted by Gasteiger charge is 2.39. The smallest absolute Gasteiger partial charge is 0.293 e. The molecule has 2 aliphatic heterocycles. The van der Waals surface area contributed by atoms with Gasteiger partial charge in [0, 0.05) is 38.3 Å². The Kier molecular flexibility index (Phi) is 4.96. The van der Waals surface area contributed by atoms with Crippen LogP contribution in [0.4, 0.5) is 5.69 Å². The molecule has 2 aromatic carbocycles. The first-order valence-electron chi connectivity index (χ1n) is 10.3. The number of fused-ring (bicyclic) bond motifs is 2. The third-order valence-corrected chi connectivity index (χ3v) is 6.12. The van der Waals surface area contributed by atoms with Crippen LogP contribution in [-0.4, -0.2) is 45.8 Å². The van der Waals surface area contributed by atoms with Crippen LogP contribution >= 0.6 is 0 Å². The Morgan fingerprint density at radius 2 is 1.90 bits per heavy atom. The fourth-order valence-corrected chi connectivity index (χ4v) is 4.66. The van der Waals surface area contributed by atoms with Crippen LogP contribution in [0.15, 0.2) is 54.6 Å². The van der Waals surface area contributed by atoms with E-state index in [0.717, 1.165) is 49.9 Å². The van der Waals surface area contributed by atoms with Crippen LogP contribution in [0.1, 0.15) is 22.0 Å². The van der Waals surface area contributed by atoms with Crippen LogP contribution in [0, 0.1) is 11.8 Å². The fraction of sp³-hybridized carbons (Fsp3) is 0.348. The van der Waals surface area contributed by atoms with Crippen molar-refractivity contribution in [3.63, 3.8) is 0 Å². The molecule has 2 aliphatic rings.